The van der Waals surface area contributed by atoms with Crippen molar-refractivity contribution in [2.75, 3.05) is 11.4 Å². The first-order valence-corrected chi connectivity index (χ1v) is 7.41. The molecule has 2 aromatic rings. The Balaban J connectivity index is 2.62. The molecule has 4 heteroatoms. The molecule has 0 saturated carbocycles. The largest absolute Gasteiger partial charge is 0.389 e. The number of nitrogens with two attached hydrogens (primary N) is 1. The molecule has 20 heavy (non-hydrogen) atoms. The van der Waals surface area contributed by atoms with E-state index < -0.39 is 0 Å². The first kappa shape index (κ1) is 14.7. The first-order valence-electron chi connectivity index (χ1n) is 7.00. The van der Waals surface area contributed by atoms with Crippen molar-refractivity contribution >= 4 is 33.9 Å². The van der Waals surface area contributed by atoms with Crippen LogP contribution in [0.3, 0.4) is 0 Å². The second-order valence-corrected chi connectivity index (χ2v) is 5.64. The molecule has 0 amide bonds. The zero-order valence-electron chi connectivity index (χ0n) is 12.3. The summed E-state index contributed by atoms with van der Waals surface area (Å²) in [6.07, 6.45) is 1.08. The highest BCUT2D eigenvalue weighted by Gasteiger charge is 2.14. The zero-order chi connectivity index (χ0) is 14.7. The molecule has 2 rings (SSSR count). The number of anilines is 1. The van der Waals surface area contributed by atoms with E-state index in [1.807, 2.05) is 30.3 Å². The van der Waals surface area contributed by atoms with Crippen molar-refractivity contribution in [3.05, 3.63) is 35.9 Å². The van der Waals surface area contributed by atoms with E-state index in [1.54, 1.807) is 0 Å². The van der Waals surface area contributed by atoms with Crippen molar-refractivity contribution in [1.82, 2.24) is 4.98 Å². The summed E-state index contributed by atoms with van der Waals surface area (Å²) in [5.41, 5.74) is 7.73. The number of hydrogen-bond acceptors (Lipinski definition) is 3. The van der Waals surface area contributed by atoms with Gasteiger partial charge in [-0.2, -0.15) is 0 Å². The van der Waals surface area contributed by atoms with E-state index in [0.717, 1.165) is 35.2 Å². The lowest BCUT2D eigenvalue weighted by molar-refractivity contribution is 0.663. The van der Waals surface area contributed by atoms with Crippen LogP contribution in [0.5, 0.6) is 0 Å². The van der Waals surface area contributed by atoms with Crippen LogP contribution >= 0.6 is 12.2 Å². The predicted octanol–water partition coefficient (Wildman–Crippen LogP) is 3.49. The Morgan fingerprint density at radius 3 is 2.65 bits per heavy atom. The van der Waals surface area contributed by atoms with Crippen LogP contribution in [0, 0.1) is 0 Å². The SMILES string of the molecule is CCCN(c1cc(C(N)=S)c2ccccc2n1)C(C)C. The Kier molecular flexibility index (Phi) is 4.55. The molecular formula is C16H21N3S. The second-order valence-electron chi connectivity index (χ2n) is 5.20. The van der Waals surface area contributed by atoms with Crippen molar-refractivity contribution in [3.63, 3.8) is 0 Å². The Morgan fingerprint density at radius 1 is 1.35 bits per heavy atom. The van der Waals surface area contributed by atoms with Gasteiger partial charge in [-0.15, -0.1) is 0 Å². The van der Waals surface area contributed by atoms with Crippen LogP contribution in [-0.2, 0) is 0 Å². The number of hydrogen-bond donors (Lipinski definition) is 1. The molecule has 1 aromatic carbocycles. The summed E-state index contributed by atoms with van der Waals surface area (Å²) in [6, 6.07) is 10.4. The predicted molar refractivity (Wildman–Crippen MR) is 90.4 cm³/mol. The summed E-state index contributed by atoms with van der Waals surface area (Å²) in [4.78, 5) is 7.48. The van der Waals surface area contributed by atoms with Crippen molar-refractivity contribution in [2.45, 2.75) is 33.2 Å². The third-order valence-corrected chi connectivity index (χ3v) is 3.57. The lowest BCUT2D eigenvalue weighted by Crippen LogP contribution is -2.32. The Bertz CT molecular complexity index is 622. The van der Waals surface area contributed by atoms with Crippen LogP contribution in [0.4, 0.5) is 5.82 Å². The lowest BCUT2D eigenvalue weighted by Gasteiger charge is -2.28. The fraction of sp³-hybridized carbons (Fsp3) is 0.375. The number of rotatable bonds is 5. The summed E-state index contributed by atoms with van der Waals surface area (Å²) < 4.78 is 0. The van der Waals surface area contributed by atoms with Crippen LogP contribution in [0.25, 0.3) is 10.9 Å². The number of thiocarbonyl (C=S) groups is 1. The van der Waals surface area contributed by atoms with Crippen LogP contribution in [0.1, 0.15) is 32.8 Å². The van der Waals surface area contributed by atoms with Crippen LogP contribution in [-0.4, -0.2) is 22.6 Å². The van der Waals surface area contributed by atoms with E-state index in [-0.39, 0.29) is 0 Å². The molecule has 0 fully saturated rings. The molecule has 0 aliphatic rings. The molecular weight excluding hydrogens is 266 g/mol. The van der Waals surface area contributed by atoms with E-state index >= 15 is 0 Å². The van der Waals surface area contributed by atoms with E-state index in [1.165, 1.54) is 0 Å². The average Bonchev–Trinajstić information content (AvgIpc) is 2.43. The maximum atomic E-state index is 5.88. The van der Waals surface area contributed by atoms with Crippen molar-refractivity contribution in [1.29, 1.82) is 0 Å². The Morgan fingerprint density at radius 2 is 2.05 bits per heavy atom. The van der Waals surface area contributed by atoms with Crippen molar-refractivity contribution in [3.8, 4) is 0 Å². The molecule has 0 radical (unpaired) electrons. The molecule has 0 aliphatic carbocycles. The minimum atomic E-state index is 0.391. The van der Waals surface area contributed by atoms with Gasteiger partial charge < -0.3 is 10.6 Å². The number of pyridine rings is 1. The summed E-state index contributed by atoms with van der Waals surface area (Å²) in [6.45, 7) is 7.49. The van der Waals surface area contributed by atoms with Crippen molar-refractivity contribution in [2.24, 2.45) is 5.73 Å². The molecule has 0 spiro atoms. The van der Waals surface area contributed by atoms with Crippen LogP contribution in [0.15, 0.2) is 30.3 Å². The van der Waals surface area contributed by atoms with Gasteiger partial charge in [0.15, 0.2) is 0 Å². The molecule has 0 saturated heterocycles. The molecule has 0 unspecified atom stereocenters. The van der Waals surface area contributed by atoms with Gasteiger partial charge in [-0.05, 0) is 32.4 Å². The topological polar surface area (TPSA) is 42.1 Å². The van der Waals surface area contributed by atoms with Gasteiger partial charge in [0.05, 0.1) is 5.52 Å². The van der Waals surface area contributed by atoms with E-state index in [0.29, 0.717) is 11.0 Å². The van der Waals surface area contributed by atoms with Gasteiger partial charge in [0, 0.05) is 23.5 Å². The molecule has 0 bridgehead atoms. The number of para-hydroxylation sites is 1. The van der Waals surface area contributed by atoms with E-state index in [9.17, 15) is 0 Å². The quantitative estimate of drug-likeness (QED) is 0.855. The number of nitrogens with zero attached hydrogens (tertiary/aromatic N) is 2. The van der Waals surface area contributed by atoms with Crippen LogP contribution < -0.4 is 10.6 Å². The molecule has 0 atom stereocenters. The number of benzene rings is 1. The third-order valence-electron chi connectivity index (χ3n) is 3.35. The minimum Gasteiger partial charge on any atom is -0.389 e. The fourth-order valence-electron chi connectivity index (χ4n) is 2.39. The summed E-state index contributed by atoms with van der Waals surface area (Å²) in [5.74, 6) is 0.948. The zero-order valence-corrected chi connectivity index (χ0v) is 13.1. The van der Waals surface area contributed by atoms with Gasteiger partial charge in [0.25, 0.3) is 0 Å². The summed E-state index contributed by atoms with van der Waals surface area (Å²) >= 11 is 5.20. The molecule has 3 nitrogen and oxygen atoms in total. The highest BCUT2D eigenvalue weighted by Crippen LogP contribution is 2.24. The Labute approximate surface area is 125 Å². The fourth-order valence-corrected chi connectivity index (χ4v) is 2.56. The molecule has 1 heterocycles. The third kappa shape index (κ3) is 2.90. The molecule has 0 aliphatic heterocycles. The van der Waals surface area contributed by atoms with Gasteiger partial charge in [0.1, 0.15) is 10.8 Å². The monoisotopic (exact) mass is 287 g/mol. The molecule has 2 N–H and O–H groups in total. The highest BCUT2D eigenvalue weighted by atomic mass is 32.1. The number of aromatic nitrogens is 1. The summed E-state index contributed by atoms with van der Waals surface area (Å²) in [7, 11) is 0. The van der Waals surface area contributed by atoms with Gasteiger partial charge in [-0.1, -0.05) is 37.3 Å². The second kappa shape index (κ2) is 6.18. The van der Waals surface area contributed by atoms with Crippen molar-refractivity contribution < 1.29 is 0 Å². The standard InChI is InChI=1S/C16H21N3S/c1-4-9-19(11(2)3)15-10-13(16(17)20)12-7-5-6-8-14(12)18-15/h5-8,10-11H,4,9H2,1-3H3,(H2,17,20). The molecule has 1 aromatic heterocycles. The van der Waals surface area contributed by atoms with Gasteiger partial charge in [-0.3, -0.25) is 0 Å². The van der Waals surface area contributed by atoms with Gasteiger partial charge in [-0.25, -0.2) is 4.98 Å². The highest BCUT2D eigenvalue weighted by molar-refractivity contribution is 7.80. The minimum absolute atomic E-state index is 0.391. The molecule has 106 valence electrons. The number of fused-ring (bicyclic) bond motifs is 1. The maximum Gasteiger partial charge on any atom is 0.130 e. The van der Waals surface area contributed by atoms with Gasteiger partial charge in [0.2, 0.25) is 0 Å². The van der Waals surface area contributed by atoms with E-state index in [2.05, 4.69) is 25.7 Å². The average molecular weight is 287 g/mol. The lowest BCUT2D eigenvalue weighted by atomic mass is 10.1. The summed E-state index contributed by atoms with van der Waals surface area (Å²) in [5, 5.41) is 1.02. The van der Waals surface area contributed by atoms with Gasteiger partial charge >= 0.3 is 0 Å². The van der Waals surface area contributed by atoms with E-state index in [4.69, 9.17) is 22.9 Å². The Hall–Kier alpha value is -1.68. The van der Waals surface area contributed by atoms with Crippen LogP contribution in [0.2, 0.25) is 0 Å². The normalized spacial score (nSPS) is 11.0. The smallest absolute Gasteiger partial charge is 0.130 e. The maximum absolute atomic E-state index is 5.88. The first-order chi connectivity index (χ1) is 9.54.